The molecular formula is C18H26N2O4. The maximum Gasteiger partial charge on any atom is 0.326 e. The number of carbonyl (C=O) groups is 3. The molecule has 0 bridgehead atoms. The number of nitrogens with one attached hydrogen (secondary N) is 1. The Hall–Kier alpha value is -2.37. The van der Waals surface area contributed by atoms with Crippen molar-refractivity contribution >= 4 is 17.8 Å². The molecule has 0 saturated heterocycles. The first-order valence-corrected chi connectivity index (χ1v) is 7.88. The van der Waals surface area contributed by atoms with Crippen LogP contribution in [0.15, 0.2) is 30.3 Å². The van der Waals surface area contributed by atoms with Gasteiger partial charge in [0.15, 0.2) is 0 Å². The summed E-state index contributed by atoms with van der Waals surface area (Å²) in [6, 6.07) is 7.34. The molecule has 2 amide bonds. The lowest BCUT2D eigenvalue weighted by Gasteiger charge is -2.29. The molecule has 0 saturated carbocycles. The molecule has 24 heavy (non-hydrogen) atoms. The first-order chi connectivity index (χ1) is 11.0. The molecule has 6 nitrogen and oxygen atoms in total. The number of aliphatic carboxylic acids is 1. The van der Waals surface area contributed by atoms with Crippen LogP contribution in [-0.2, 0) is 20.8 Å². The molecule has 0 heterocycles. The van der Waals surface area contributed by atoms with Gasteiger partial charge in [0.05, 0.1) is 0 Å². The Morgan fingerprint density at radius 2 is 1.71 bits per heavy atom. The van der Waals surface area contributed by atoms with Crippen LogP contribution < -0.4 is 5.32 Å². The number of rotatable bonds is 6. The lowest BCUT2D eigenvalue weighted by molar-refractivity contribution is -0.150. The number of carbonyl (C=O) groups excluding carboxylic acids is 2. The van der Waals surface area contributed by atoms with Crippen molar-refractivity contribution in [2.45, 2.75) is 46.2 Å². The molecule has 0 spiro atoms. The summed E-state index contributed by atoms with van der Waals surface area (Å²) in [7, 11) is 1.45. The van der Waals surface area contributed by atoms with E-state index in [1.165, 1.54) is 11.9 Å². The van der Waals surface area contributed by atoms with E-state index in [0.717, 1.165) is 5.56 Å². The van der Waals surface area contributed by atoms with Gasteiger partial charge in [-0.05, 0) is 12.5 Å². The summed E-state index contributed by atoms with van der Waals surface area (Å²) in [6.45, 7) is 6.81. The summed E-state index contributed by atoms with van der Waals surface area (Å²) in [6.07, 6.45) is 0.207. The minimum atomic E-state index is -1.08. The van der Waals surface area contributed by atoms with Gasteiger partial charge in [-0.1, -0.05) is 51.1 Å². The molecule has 1 rings (SSSR count). The van der Waals surface area contributed by atoms with Gasteiger partial charge in [0, 0.05) is 18.9 Å². The number of amides is 2. The highest BCUT2D eigenvalue weighted by molar-refractivity contribution is 5.91. The molecule has 132 valence electrons. The molecule has 0 aromatic heterocycles. The van der Waals surface area contributed by atoms with Crippen LogP contribution in [0.25, 0.3) is 0 Å². The second-order valence-corrected chi connectivity index (χ2v) is 6.94. The number of carboxylic acid groups (broad SMARTS) is 1. The van der Waals surface area contributed by atoms with Gasteiger partial charge in [-0.25, -0.2) is 4.79 Å². The molecular weight excluding hydrogens is 308 g/mol. The van der Waals surface area contributed by atoms with E-state index in [-0.39, 0.29) is 12.3 Å². The predicted molar refractivity (Wildman–Crippen MR) is 91.4 cm³/mol. The predicted octanol–water partition coefficient (Wildman–Crippen LogP) is 1.69. The number of hydrogen-bond donors (Lipinski definition) is 2. The lowest BCUT2D eigenvalue weighted by atomic mass is 9.95. The first-order valence-electron chi connectivity index (χ1n) is 7.88. The average Bonchev–Trinajstić information content (AvgIpc) is 2.50. The van der Waals surface area contributed by atoms with Crippen LogP contribution in [0.5, 0.6) is 0 Å². The quantitative estimate of drug-likeness (QED) is 0.829. The van der Waals surface area contributed by atoms with Crippen LogP contribution in [0.4, 0.5) is 0 Å². The third-order valence-electron chi connectivity index (χ3n) is 3.77. The summed E-state index contributed by atoms with van der Waals surface area (Å²) < 4.78 is 0. The molecule has 6 heteroatoms. The van der Waals surface area contributed by atoms with E-state index in [9.17, 15) is 19.5 Å². The summed E-state index contributed by atoms with van der Waals surface area (Å²) in [5.74, 6) is -1.77. The van der Waals surface area contributed by atoms with Crippen molar-refractivity contribution in [2.24, 2.45) is 5.41 Å². The van der Waals surface area contributed by atoms with Crippen molar-refractivity contribution in [3.63, 3.8) is 0 Å². The Balaban J connectivity index is 2.82. The minimum absolute atomic E-state index is 0.207. The van der Waals surface area contributed by atoms with Gasteiger partial charge in [-0.2, -0.15) is 0 Å². The first kappa shape index (κ1) is 19.7. The van der Waals surface area contributed by atoms with Crippen molar-refractivity contribution < 1.29 is 19.5 Å². The fourth-order valence-electron chi connectivity index (χ4n) is 2.16. The van der Waals surface area contributed by atoms with Gasteiger partial charge in [0.25, 0.3) is 0 Å². The third-order valence-corrected chi connectivity index (χ3v) is 3.77. The zero-order valence-electron chi connectivity index (χ0n) is 14.9. The smallest absolute Gasteiger partial charge is 0.326 e. The van der Waals surface area contributed by atoms with Crippen LogP contribution in [0, 0.1) is 5.41 Å². The van der Waals surface area contributed by atoms with Crippen LogP contribution in [0.1, 0.15) is 33.3 Å². The SMILES string of the molecule is CC(NC(=O)C(C)(C)C)C(=O)N(C)C(Cc1ccccc1)C(=O)O. The van der Waals surface area contributed by atoms with E-state index in [0.29, 0.717) is 0 Å². The molecule has 2 atom stereocenters. The Labute approximate surface area is 142 Å². The minimum Gasteiger partial charge on any atom is -0.480 e. The highest BCUT2D eigenvalue weighted by Crippen LogP contribution is 2.14. The summed E-state index contributed by atoms with van der Waals surface area (Å²) in [4.78, 5) is 37.2. The fourth-order valence-corrected chi connectivity index (χ4v) is 2.16. The second kappa shape index (κ2) is 7.95. The summed E-state index contributed by atoms with van der Waals surface area (Å²) >= 11 is 0. The lowest BCUT2D eigenvalue weighted by Crippen LogP contribution is -2.53. The molecule has 0 aliphatic rings. The molecule has 1 aromatic carbocycles. The topological polar surface area (TPSA) is 86.7 Å². The number of benzene rings is 1. The Morgan fingerprint density at radius 1 is 1.17 bits per heavy atom. The van der Waals surface area contributed by atoms with E-state index in [1.54, 1.807) is 27.7 Å². The van der Waals surface area contributed by atoms with Gasteiger partial charge in [0.2, 0.25) is 11.8 Å². The number of likely N-dealkylation sites (N-methyl/N-ethyl adjacent to an activating group) is 1. The second-order valence-electron chi connectivity index (χ2n) is 6.94. The third kappa shape index (κ3) is 5.37. The standard InChI is InChI=1S/C18H26N2O4/c1-12(19-17(24)18(2,3)4)15(21)20(5)14(16(22)23)11-13-9-7-6-8-10-13/h6-10,12,14H,11H2,1-5H3,(H,19,24)(H,22,23). The zero-order chi connectivity index (χ0) is 18.5. The summed E-state index contributed by atoms with van der Waals surface area (Å²) in [5.41, 5.74) is 0.208. The molecule has 2 N–H and O–H groups in total. The van der Waals surface area contributed by atoms with Gasteiger partial charge < -0.3 is 15.3 Å². The van der Waals surface area contributed by atoms with Crippen molar-refractivity contribution in [1.82, 2.24) is 10.2 Å². The maximum atomic E-state index is 12.5. The monoisotopic (exact) mass is 334 g/mol. The number of carboxylic acids is 1. The Morgan fingerprint density at radius 3 is 2.17 bits per heavy atom. The Kier molecular flexibility index (Phi) is 6.51. The van der Waals surface area contributed by atoms with Crippen LogP contribution >= 0.6 is 0 Å². The molecule has 0 aliphatic carbocycles. The van der Waals surface area contributed by atoms with Gasteiger partial charge in [-0.3, -0.25) is 9.59 Å². The largest absolute Gasteiger partial charge is 0.480 e. The number of nitrogens with zero attached hydrogens (tertiary/aromatic N) is 1. The average molecular weight is 334 g/mol. The van der Waals surface area contributed by atoms with Crippen molar-refractivity contribution in [2.75, 3.05) is 7.05 Å². The van der Waals surface area contributed by atoms with Crippen LogP contribution in [0.3, 0.4) is 0 Å². The van der Waals surface area contributed by atoms with Gasteiger partial charge in [-0.15, -0.1) is 0 Å². The highest BCUT2D eigenvalue weighted by Gasteiger charge is 2.31. The van der Waals surface area contributed by atoms with E-state index in [1.807, 2.05) is 30.3 Å². The highest BCUT2D eigenvalue weighted by atomic mass is 16.4. The molecule has 0 fully saturated rings. The van der Waals surface area contributed by atoms with E-state index in [2.05, 4.69) is 5.32 Å². The molecule has 0 aliphatic heterocycles. The van der Waals surface area contributed by atoms with Crippen LogP contribution in [-0.4, -0.2) is 46.9 Å². The maximum absolute atomic E-state index is 12.5. The fraction of sp³-hybridized carbons (Fsp3) is 0.500. The van der Waals surface area contributed by atoms with Crippen LogP contribution in [0.2, 0.25) is 0 Å². The van der Waals surface area contributed by atoms with Crippen molar-refractivity contribution in [3.8, 4) is 0 Å². The van der Waals surface area contributed by atoms with E-state index >= 15 is 0 Å². The Bertz CT molecular complexity index is 593. The molecule has 2 unspecified atom stereocenters. The molecule has 1 aromatic rings. The van der Waals surface area contributed by atoms with Crippen molar-refractivity contribution in [3.05, 3.63) is 35.9 Å². The molecule has 0 radical (unpaired) electrons. The van der Waals surface area contributed by atoms with E-state index in [4.69, 9.17) is 0 Å². The van der Waals surface area contributed by atoms with Gasteiger partial charge >= 0.3 is 5.97 Å². The summed E-state index contributed by atoms with van der Waals surface area (Å²) in [5, 5.41) is 12.1. The van der Waals surface area contributed by atoms with Crippen molar-refractivity contribution in [1.29, 1.82) is 0 Å². The van der Waals surface area contributed by atoms with Gasteiger partial charge in [0.1, 0.15) is 12.1 Å². The van der Waals surface area contributed by atoms with E-state index < -0.39 is 29.4 Å². The normalized spacial score (nSPS) is 13.7. The zero-order valence-corrected chi connectivity index (χ0v) is 14.9. The number of hydrogen-bond acceptors (Lipinski definition) is 3.